The van der Waals surface area contributed by atoms with E-state index in [4.69, 9.17) is 0 Å². The van der Waals surface area contributed by atoms with Crippen LogP contribution in [-0.2, 0) is 6.42 Å². The fourth-order valence-electron chi connectivity index (χ4n) is 3.52. The van der Waals surface area contributed by atoms with E-state index < -0.39 is 0 Å². The molecule has 0 radical (unpaired) electrons. The lowest BCUT2D eigenvalue weighted by molar-refractivity contribution is 0.169. The molecule has 0 spiro atoms. The van der Waals surface area contributed by atoms with E-state index in [1.165, 1.54) is 18.4 Å². The van der Waals surface area contributed by atoms with E-state index in [0.717, 1.165) is 30.7 Å². The van der Waals surface area contributed by atoms with Crippen molar-refractivity contribution in [1.29, 1.82) is 0 Å². The van der Waals surface area contributed by atoms with E-state index in [1.54, 1.807) is 0 Å². The topological polar surface area (TPSA) is 32.3 Å². The average Bonchev–Trinajstić information content (AvgIpc) is 3.02. The van der Waals surface area contributed by atoms with Crippen molar-refractivity contribution in [3.05, 3.63) is 48.0 Å². The summed E-state index contributed by atoms with van der Waals surface area (Å²) in [7, 11) is 0. The Morgan fingerprint density at radius 1 is 1.16 bits per heavy atom. The lowest BCUT2D eigenvalue weighted by Gasteiger charge is -2.20. The summed E-state index contributed by atoms with van der Waals surface area (Å²) < 4.78 is 0. The van der Waals surface area contributed by atoms with Crippen LogP contribution < -0.4 is 5.32 Å². The molecule has 1 fully saturated rings. The van der Waals surface area contributed by atoms with Gasteiger partial charge >= 0.3 is 0 Å². The fourth-order valence-corrected chi connectivity index (χ4v) is 3.52. The third-order valence-electron chi connectivity index (χ3n) is 4.52. The molecular formula is C17H23NO. The van der Waals surface area contributed by atoms with Gasteiger partial charge in [0.2, 0.25) is 0 Å². The van der Waals surface area contributed by atoms with Gasteiger partial charge in [0.05, 0.1) is 6.10 Å². The maximum absolute atomic E-state index is 10.0. The number of fused-ring (bicyclic) bond motifs is 2. The molecule has 0 aliphatic heterocycles. The van der Waals surface area contributed by atoms with Gasteiger partial charge in [0, 0.05) is 6.54 Å². The first-order chi connectivity index (χ1) is 9.31. The maximum Gasteiger partial charge on any atom is 0.0704 e. The highest BCUT2D eigenvalue weighted by molar-refractivity contribution is 5.15. The number of hydrogen-bond acceptors (Lipinski definition) is 2. The molecule has 2 nitrogen and oxygen atoms in total. The van der Waals surface area contributed by atoms with E-state index in [2.05, 4.69) is 29.6 Å². The number of hydrogen-bond donors (Lipinski definition) is 2. The molecule has 1 aromatic rings. The minimum absolute atomic E-state index is 0.281. The summed E-state index contributed by atoms with van der Waals surface area (Å²) >= 11 is 0. The Morgan fingerprint density at radius 3 is 2.68 bits per heavy atom. The zero-order valence-corrected chi connectivity index (χ0v) is 11.3. The Morgan fingerprint density at radius 2 is 2.00 bits per heavy atom. The monoisotopic (exact) mass is 257 g/mol. The summed E-state index contributed by atoms with van der Waals surface area (Å²) in [5.41, 5.74) is 1.21. The van der Waals surface area contributed by atoms with Crippen molar-refractivity contribution in [2.45, 2.75) is 25.4 Å². The predicted molar refractivity (Wildman–Crippen MR) is 77.9 cm³/mol. The molecule has 0 heterocycles. The molecule has 1 saturated carbocycles. The quantitative estimate of drug-likeness (QED) is 0.767. The molecule has 19 heavy (non-hydrogen) atoms. The standard InChI is InChI=1S/C17H23NO/c19-17(10-13-4-2-1-3-5-13)12-18-11-16-9-14-6-7-15(16)8-14/h1-7,14-19H,8-12H2. The first kappa shape index (κ1) is 12.9. The van der Waals surface area contributed by atoms with Crippen LogP contribution in [0.4, 0.5) is 0 Å². The van der Waals surface area contributed by atoms with Gasteiger partial charge in [-0.3, -0.25) is 0 Å². The van der Waals surface area contributed by atoms with Crippen LogP contribution in [0.15, 0.2) is 42.5 Å². The molecular weight excluding hydrogens is 234 g/mol. The number of aliphatic hydroxyl groups excluding tert-OH is 1. The maximum atomic E-state index is 10.0. The van der Waals surface area contributed by atoms with Crippen molar-refractivity contribution in [2.75, 3.05) is 13.1 Å². The molecule has 2 heteroatoms. The van der Waals surface area contributed by atoms with Gasteiger partial charge in [-0.25, -0.2) is 0 Å². The molecule has 4 unspecified atom stereocenters. The van der Waals surface area contributed by atoms with Gasteiger partial charge in [0.25, 0.3) is 0 Å². The minimum Gasteiger partial charge on any atom is -0.391 e. The molecule has 2 N–H and O–H groups in total. The van der Waals surface area contributed by atoms with Crippen LogP contribution in [0.2, 0.25) is 0 Å². The van der Waals surface area contributed by atoms with E-state index in [9.17, 15) is 5.11 Å². The van der Waals surface area contributed by atoms with Crippen molar-refractivity contribution >= 4 is 0 Å². The van der Waals surface area contributed by atoms with Crippen LogP contribution in [-0.4, -0.2) is 24.3 Å². The van der Waals surface area contributed by atoms with E-state index in [-0.39, 0.29) is 6.10 Å². The van der Waals surface area contributed by atoms with Crippen LogP contribution in [0.3, 0.4) is 0 Å². The summed E-state index contributed by atoms with van der Waals surface area (Å²) in [4.78, 5) is 0. The molecule has 4 atom stereocenters. The second-order valence-corrected chi connectivity index (χ2v) is 6.04. The summed E-state index contributed by atoms with van der Waals surface area (Å²) in [5.74, 6) is 2.42. The summed E-state index contributed by atoms with van der Waals surface area (Å²) in [5, 5.41) is 13.5. The Balaban J connectivity index is 1.37. The lowest BCUT2D eigenvalue weighted by Crippen LogP contribution is -2.33. The Bertz CT molecular complexity index is 428. The molecule has 2 aliphatic carbocycles. The van der Waals surface area contributed by atoms with Gasteiger partial charge in [0.15, 0.2) is 0 Å². The second kappa shape index (κ2) is 5.89. The highest BCUT2D eigenvalue weighted by Crippen LogP contribution is 2.42. The van der Waals surface area contributed by atoms with Gasteiger partial charge in [-0.15, -0.1) is 0 Å². The zero-order chi connectivity index (χ0) is 13.1. The normalized spacial score (nSPS) is 29.8. The highest BCUT2D eigenvalue weighted by atomic mass is 16.3. The molecule has 102 valence electrons. The van der Waals surface area contributed by atoms with Crippen LogP contribution in [0.5, 0.6) is 0 Å². The third-order valence-corrected chi connectivity index (χ3v) is 4.52. The smallest absolute Gasteiger partial charge is 0.0704 e. The van der Waals surface area contributed by atoms with Gasteiger partial charge in [-0.2, -0.15) is 0 Å². The molecule has 2 aliphatic rings. The first-order valence-corrected chi connectivity index (χ1v) is 7.42. The molecule has 3 rings (SSSR count). The molecule has 0 aromatic heterocycles. The largest absolute Gasteiger partial charge is 0.391 e. The summed E-state index contributed by atoms with van der Waals surface area (Å²) in [6.07, 6.45) is 7.93. The Labute approximate surface area is 115 Å². The van der Waals surface area contributed by atoms with Crippen molar-refractivity contribution in [3.63, 3.8) is 0 Å². The summed E-state index contributed by atoms with van der Waals surface area (Å²) in [6.45, 7) is 1.75. The average molecular weight is 257 g/mol. The van der Waals surface area contributed by atoms with Gasteiger partial charge < -0.3 is 10.4 Å². The molecule has 0 amide bonds. The molecule has 1 aromatic carbocycles. The minimum atomic E-state index is -0.281. The van der Waals surface area contributed by atoms with Crippen molar-refractivity contribution < 1.29 is 5.11 Å². The molecule has 0 saturated heterocycles. The van der Waals surface area contributed by atoms with E-state index >= 15 is 0 Å². The lowest BCUT2D eigenvalue weighted by atomic mass is 9.93. The Kier molecular flexibility index (Phi) is 4.00. The number of allylic oxidation sites excluding steroid dienone is 2. The van der Waals surface area contributed by atoms with Crippen LogP contribution in [0.25, 0.3) is 0 Å². The SMILES string of the molecule is OC(CNCC1CC2C=CC1C2)Cc1ccccc1. The fraction of sp³-hybridized carbons (Fsp3) is 0.529. The molecule has 2 bridgehead atoms. The second-order valence-electron chi connectivity index (χ2n) is 6.04. The van der Waals surface area contributed by atoms with Crippen molar-refractivity contribution in [1.82, 2.24) is 5.32 Å². The number of benzene rings is 1. The van der Waals surface area contributed by atoms with Gasteiger partial charge in [0.1, 0.15) is 0 Å². The van der Waals surface area contributed by atoms with Gasteiger partial charge in [-0.05, 0) is 49.1 Å². The van der Waals surface area contributed by atoms with Crippen LogP contribution in [0.1, 0.15) is 18.4 Å². The van der Waals surface area contributed by atoms with Gasteiger partial charge in [-0.1, -0.05) is 42.5 Å². The van der Waals surface area contributed by atoms with Crippen molar-refractivity contribution in [3.8, 4) is 0 Å². The van der Waals surface area contributed by atoms with E-state index in [1.807, 2.05) is 18.2 Å². The van der Waals surface area contributed by atoms with Crippen LogP contribution >= 0.6 is 0 Å². The number of aliphatic hydroxyl groups is 1. The third kappa shape index (κ3) is 3.26. The predicted octanol–water partition coefficient (Wildman–Crippen LogP) is 2.39. The number of rotatable bonds is 6. The van der Waals surface area contributed by atoms with E-state index in [0.29, 0.717) is 6.54 Å². The number of nitrogens with one attached hydrogen (secondary N) is 1. The van der Waals surface area contributed by atoms with Crippen LogP contribution in [0, 0.1) is 17.8 Å². The highest BCUT2D eigenvalue weighted by Gasteiger charge is 2.34. The Hall–Kier alpha value is -1.12. The first-order valence-electron chi connectivity index (χ1n) is 7.42. The zero-order valence-electron chi connectivity index (χ0n) is 11.3. The van der Waals surface area contributed by atoms with Crippen molar-refractivity contribution in [2.24, 2.45) is 17.8 Å². The summed E-state index contributed by atoms with van der Waals surface area (Å²) in [6, 6.07) is 10.2.